The number of likely N-dealkylation sites (tertiary alicyclic amines) is 1. The van der Waals surface area contributed by atoms with Crippen molar-refractivity contribution in [1.29, 1.82) is 0 Å². The van der Waals surface area contributed by atoms with Crippen LogP contribution >= 0.6 is 11.8 Å². The molecule has 2 aliphatic rings. The van der Waals surface area contributed by atoms with Gasteiger partial charge in [0.25, 0.3) is 0 Å². The minimum Gasteiger partial charge on any atom is -0.329 e. The monoisotopic (exact) mass is 256 g/mol. The van der Waals surface area contributed by atoms with Gasteiger partial charge in [-0.15, -0.1) is 0 Å². The first kappa shape index (κ1) is 13.7. The Balaban J connectivity index is 1.96. The fraction of sp³-hybridized carbons (Fsp3) is 1.00. The summed E-state index contributed by atoms with van der Waals surface area (Å²) in [6, 6.07) is 0.646. The molecule has 0 bridgehead atoms. The second kappa shape index (κ2) is 6.44. The van der Waals surface area contributed by atoms with Crippen molar-refractivity contribution in [3.63, 3.8) is 0 Å². The van der Waals surface area contributed by atoms with Crippen LogP contribution in [0.3, 0.4) is 0 Å². The molecule has 2 aliphatic heterocycles. The number of hydrogen-bond acceptors (Lipinski definition) is 3. The average molecular weight is 256 g/mol. The van der Waals surface area contributed by atoms with Gasteiger partial charge in [-0.25, -0.2) is 0 Å². The molecule has 0 aliphatic carbocycles. The van der Waals surface area contributed by atoms with Crippen LogP contribution in [0, 0.1) is 17.8 Å². The molecule has 2 rings (SSSR count). The summed E-state index contributed by atoms with van der Waals surface area (Å²) in [5.74, 6) is 5.24. The zero-order chi connectivity index (χ0) is 12.3. The summed E-state index contributed by atoms with van der Waals surface area (Å²) >= 11 is 2.13. The maximum atomic E-state index is 6.07. The van der Waals surface area contributed by atoms with Crippen LogP contribution in [0.15, 0.2) is 0 Å². The largest absolute Gasteiger partial charge is 0.329 e. The summed E-state index contributed by atoms with van der Waals surface area (Å²) in [4.78, 5) is 2.70. The van der Waals surface area contributed by atoms with E-state index in [2.05, 4.69) is 30.5 Å². The Morgan fingerprint density at radius 2 is 2.00 bits per heavy atom. The highest BCUT2D eigenvalue weighted by molar-refractivity contribution is 7.99. The molecule has 0 aromatic carbocycles. The number of thioether (sulfide) groups is 1. The smallest absolute Gasteiger partial charge is 0.0254 e. The molecule has 2 heterocycles. The SMILES string of the molecule is CC1CC(C)CN(C(CN)C2CCCSC2)C1. The average Bonchev–Trinajstić information content (AvgIpc) is 2.30. The molecule has 3 heteroatoms. The van der Waals surface area contributed by atoms with Crippen molar-refractivity contribution in [3.8, 4) is 0 Å². The molecule has 2 nitrogen and oxygen atoms in total. The minimum atomic E-state index is 0.646. The van der Waals surface area contributed by atoms with Crippen molar-refractivity contribution in [3.05, 3.63) is 0 Å². The first-order valence-electron chi connectivity index (χ1n) is 7.22. The molecule has 2 N–H and O–H groups in total. The van der Waals surface area contributed by atoms with Gasteiger partial charge in [0.05, 0.1) is 0 Å². The van der Waals surface area contributed by atoms with E-state index in [9.17, 15) is 0 Å². The molecular formula is C14H28N2S. The number of nitrogens with two attached hydrogens (primary N) is 1. The Kier molecular flexibility index (Phi) is 5.19. The number of piperidine rings is 1. The van der Waals surface area contributed by atoms with Crippen LogP contribution in [0.25, 0.3) is 0 Å². The van der Waals surface area contributed by atoms with Crippen LogP contribution in [0.2, 0.25) is 0 Å². The van der Waals surface area contributed by atoms with E-state index in [0.717, 1.165) is 24.3 Å². The molecule has 4 unspecified atom stereocenters. The molecule has 0 radical (unpaired) electrons. The predicted molar refractivity (Wildman–Crippen MR) is 77.4 cm³/mol. The van der Waals surface area contributed by atoms with Crippen LogP contribution < -0.4 is 5.73 Å². The third kappa shape index (κ3) is 3.62. The van der Waals surface area contributed by atoms with Gasteiger partial charge in [0.2, 0.25) is 0 Å². The van der Waals surface area contributed by atoms with Crippen LogP contribution in [0.1, 0.15) is 33.1 Å². The van der Waals surface area contributed by atoms with Crippen molar-refractivity contribution >= 4 is 11.8 Å². The van der Waals surface area contributed by atoms with E-state index >= 15 is 0 Å². The third-order valence-electron chi connectivity index (χ3n) is 4.35. The Morgan fingerprint density at radius 1 is 1.29 bits per heavy atom. The fourth-order valence-corrected chi connectivity index (χ4v) is 4.92. The van der Waals surface area contributed by atoms with E-state index in [-0.39, 0.29) is 0 Å². The molecule has 0 aromatic heterocycles. The van der Waals surface area contributed by atoms with Crippen molar-refractivity contribution < 1.29 is 0 Å². The van der Waals surface area contributed by atoms with E-state index in [1.54, 1.807) is 0 Å². The summed E-state index contributed by atoms with van der Waals surface area (Å²) in [6.07, 6.45) is 4.19. The number of hydrogen-bond donors (Lipinski definition) is 1. The highest BCUT2D eigenvalue weighted by Gasteiger charge is 2.32. The first-order chi connectivity index (χ1) is 8.20. The minimum absolute atomic E-state index is 0.646. The van der Waals surface area contributed by atoms with Gasteiger partial charge < -0.3 is 5.73 Å². The highest BCUT2D eigenvalue weighted by Crippen LogP contribution is 2.30. The van der Waals surface area contributed by atoms with Crippen LogP contribution in [-0.4, -0.2) is 42.1 Å². The Bertz CT molecular complexity index is 218. The zero-order valence-corrected chi connectivity index (χ0v) is 12.2. The van der Waals surface area contributed by atoms with Crippen molar-refractivity contribution in [2.75, 3.05) is 31.1 Å². The van der Waals surface area contributed by atoms with Crippen molar-refractivity contribution in [1.82, 2.24) is 4.90 Å². The van der Waals surface area contributed by atoms with E-state index in [1.165, 1.54) is 43.9 Å². The summed E-state index contributed by atoms with van der Waals surface area (Å²) in [5.41, 5.74) is 6.07. The summed E-state index contributed by atoms with van der Waals surface area (Å²) in [6.45, 7) is 8.18. The van der Waals surface area contributed by atoms with Gasteiger partial charge in [0, 0.05) is 25.7 Å². The van der Waals surface area contributed by atoms with Gasteiger partial charge in [-0.05, 0) is 48.5 Å². The van der Waals surface area contributed by atoms with Gasteiger partial charge in [-0.2, -0.15) is 11.8 Å². The van der Waals surface area contributed by atoms with Gasteiger partial charge in [0.1, 0.15) is 0 Å². The van der Waals surface area contributed by atoms with Crippen molar-refractivity contribution in [2.45, 2.75) is 39.2 Å². The Hall–Kier alpha value is 0.270. The van der Waals surface area contributed by atoms with Crippen LogP contribution in [-0.2, 0) is 0 Å². The fourth-order valence-electron chi connectivity index (χ4n) is 3.69. The lowest BCUT2D eigenvalue weighted by atomic mass is 9.87. The Morgan fingerprint density at radius 3 is 2.53 bits per heavy atom. The molecule has 100 valence electrons. The van der Waals surface area contributed by atoms with Gasteiger partial charge in [-0.3, -0.25) is 4.90 Å². The second-order valence-corrected chi connectivity index (χ2v) is 7.33. The van der Waals surface area contributed by atoms with Crippen molar-refractivity contribution in [2.24, 2.45) is 23.5 Å². The number of nitrogens with zero attached hydrogens (tertiary/aromatic N) is 1. The normalized spacial score (nSPS) is 37.9. The molecule has 2 fully saturated rings. The molecule has 4 atom stereocenters. The lowest BCUT2D eigenvalue weighted by Crippen LogP contribution is -2.52. The van der Waals surface area contributed by atoms with Gasteiger partial charge in [-0.1, -0.05) is 13.8 Å². The Labute approximate surface area is 111 Å². The van der Waals surface area contributed by atoms with E-state index in [0.29, 0.717) is 6.04 Å². The van der Waals surface area contributed by atoms with Crippen LogP contribution in [0.5, 0.6) is 0 Å². The number of rotatable bonds is 3. The molecule has 2 saturated heterocycles. The molecular weight excluding hydrogens is 228 g/mol. The first-order valence-corrected chi connectivity index (χ1v) is 8.38. The standard InChI is InChI=1S/C14H28N2S/c1-11-6-12(2)9-16(8-11)14(7-15)13-4-3-5-17-10-13/h11-14H,3-10,15H2,1-2H3. The lowest BCUT2D eigenvalue weighted by molar-refractivity contribution is 0.0709. The second-order valence-electron chi connectivity index (χ2n) is 6.18. The third-order valence-corrected chi connectivity index (χ3v) is 5.59. The quantitative estimate of drug-likeness (QED) is 0.841. The predicted octanol–water partition coefficient (Wildman–Crippen LogP) is 2.43. The molecule has 0 saturated carbocycles. The molecule has 17 heavy (non-hydrogen) atoms. The van der Waals surface area contributed by atoms with Crippen LogP contribution in [0.4, 0.5) is 0 Å². The maximum absolute atomic E-state index is 6.07. The van der Waals surface area contributed by atoms with Gasteiger partial charge in [0.15, 0.2) is 0 Å². The summed E-state index contributed by atoms with van der Waals surface area (Å²) in [7, 11) is 0. The molecule has 0 aromatic rings. The molecule has 0 amide bonds. The van der Waals surface area contributed by atoms with E-state index in [1.807, 2.05) is 0 Å². The van der Waals surface area contributed by atoms with Gasteiger partial charge >= 0.3 is 0 Å². The molecule has 0 spiro atoms. The lowest BCUT2D eigenvalue weighted by Gasteiger charge is -2.43. The van der Waals surface area contributed by atoms with E-state index in [4.69, 9.17) is 5.73 Å². The highest BCUT2D eigenvalue weighted by atomic mass is 32.2. The van der Waals surface area contributed by atoms with E-state index < -0.39 is 0 Å². The topological polar surface area (TPSA) is 29.3 Å². The zero-order valence-electron chi connectivity index (χ0n) is 11.4. The maximum Gasteiger partial charge on any atom is 0.0254 e. The summed E-state index contributed by atoms with van der Waals surface area (Å²) in [5, 5.41) is 0. The summed E-state index contributed by atoms with van der Waals surface area (Å²) < 4.78 is 0.